The van der Waals surface area contributed by atoms with Crippen molar-refractivity contribution in [3.8, 4) is 11.5 Å². The molecule has 0 unspecified atom stereocenters. The van der Waals surface area contributed by atoms with Crippen LogP contribution in [-0.4, -0.2) is 32.2 Å². The molecule has 0 radical (unpaired) electrons. The van der Waals surface area contributed by atoms with Crippen LogP contribution in [0.25, 0.3) is 0 Å². The van der Waals surface area contributed by atoms with E-state index >= 15 is 0 Å². The van der Waals surface area contributed by atoms with E-state index < -0.39 is 11.8 Å². The van der Waals surface area contributed by atoms with Crippen LogP contribution in [0, 0.1) is 0 Å². The van der Waals surface area contributed by atoms with Crippen molar-refractivity contribution in [2.45, 2.75) is 0 Å². The first-order valence-electron chi connectivity index (χ1n) is 7.15. The number of carbonyl (C=O) groups is 2. The monoisotopic (exact) mass is 361 g/mol. The predicted octanol–water partition coefficient (Wildman–Crippen LogP) is 2.45. The van der Waals surface area contributed by atoms with Crippen molar-refractivity contribution in [3.05, 3.63) is 53.1 Å². The summed E-state index contributed by atoms with van der Waals surface area (Å²) < 4.78 is 10.3. The minimum Gasteiger partial charge on any atom is -0.497 e. The Bertz CT molecular complexity index is 791. The number of hydrogen-bond acceptors (Lipinski definition) is 5. The molecule has 0 spiro atoms. The van der Waals surface area contributed by atoms with Crippen LogP contribution < -0.4 is 20.2 Å². The third kappa shape index (κ3) is 5.22. The van der Waals surface area contributed by atoms with Crippen molar-refractivity contribution in [1.82, 2.24) is 5.43 Å². The number of ether oxygens (including phenoxy) is 2. The molecule has 0 bridgehead atoms. The minimum absolute atomic E-state index is 0.449. The largest absolute Gasteiger partial charge is 0.497 e. The first-order chi connectivity index (χ1) is 12.0. The molecule has 0 atom stereocenters. The van der Waals surface area contributed by atoms with E-state index in [1.807, 2.05) is 0 Å². The van der Waals surface area contributed by atoms with Crippen molar-refractivity contribution in [2.24, 2.45) is 5.10 Å². The SMILES string of the molecule is COc1ccc(/C=N\NC(=O)C(=O)Nc2ccc(Cl)cc2)c(OC)c1. The molecule has 2 aromatic carbocycles. The Morgan fingerprint density at radius 1 is 1.04 bits per heavy atom. The number of hydrazone groups is 1. The number of nitrogens with one attached hydrogen (secondary N) is 2. The molecule has 0 aromatic heterocycles. The molecule has 0 heterocycles. The fourth-order valence-corrected chi connectivity index (χ4v) is 1.98. The first-order valence-corrected chi connectivity index (χ1v) is 7.53. The summed E-state index contributed by atoms with van der Waals surface area (Å²) in [6.45, 7) is 0. The number of halogens is 1. The molecule has 0 saturated heterocycles. The topological polar surface area (TPSA) is 89.0 Å². The van der Waals surface area contributed by atoms with Gasteiger partial charge in [0.25, 0.3) is 0 Å². The lowest BCUT2D eigenvalue weighted by atomic mass is 10.2. The average Bonchev–Trinajstić information content (AvgIpc) is 2.63. The Kier molecular flexibility index (Phi) is 6.36. The number of amides is 2. The smallest absolute Gasteiger partial charge is 0.329 e. The van der Waals surface area contributed by atoms with E-state index in [0.29, 0.717) is 27.8 Å². The van der Waals surface area contributed by atoms with E-state index in [1.54, 1.807) is 49.6 Å². The van der Waals surface area contributed by atoms with Gasteiger partial charge < -0.3 is 14.8 Å². The Hall–Kier alpha value is -3.06. The highest BCUT2D eigenvalue weighted by atomic mass is 35.5. The number of rotatable bonds is 5. The lowest BCUT2D eigenvalue weighted by Gasteiger charge is -2.07. The number of anilines is 1. The zero-order valence-corrected chi connectivity index (χ0v) is 14.3. The first kappa shape index (κ1) is 18.3. The molecular formula is C17H16ClN3O4. The molecule has 0 aliphatic rings. The molecule has 2 N–H and O–H groups in total. The summed E-state index contributed by atoms with van der Waals surface area (Å²) in [5.41, 5.74) is 3.21. The zero-order valence-electron chi connectivity index (χ0n) is 13.6. The van der Waals surface area contributed by atoms with Crippen molar-refractivity contribution in [3.63, 3.8) is 0 Å². The lowest BCUT2D eigenvalue weighted by molar-refractivity contribution is -0.136. The van der Waals surface area contributed by atoms with Crippen LogP contribution in [0.15, 0.2) is 47.6 Å². The second-order valence-electron chi connectivity index (χ2n) is 4.77. The van der Waals surface area contributed by atoms with Gasteiger partial charge in [0.05, 0.1) is 20.4 Å². The van der Waals surface area contributed by atoms with Crippen LogP contribution in [0.5, 0.6) is 11.5 Å². The van der Waals surface area contributed by atoms with Crippen LogP contribution in [0.2, 0.25) is 5.02 Å². The summed E-state index contributed by atoms with van der Waals surface area (Å²) in [6, 6.07) is 11.5. The Balaban J connectivity index is 1.95. The summed E-state index contributed by atoms with van der Waals surface area (Å²) in [4.78, 5) is 23.5. The molecular weight excluding hydrogens is 346 g/mol. The van der Waals surface area contributed by atoms with Crippen molar-refractivity contribution in [1.29, 1.82) is 0 Å². The summed E-state index contributed by atoms with van der Waals surface area (Å²) in [5.74, 6) is -0.608. The molecule has 0 aliphatic carbocycles. The standard InChI is InChI=1S/C17H16ClN3O4/c1-24-14-8-3-11(15(9-14)25-2)10-19-21-17(23)16(22)20-13-6-4-12(18)5-7-13/h3-10H,1-2H3,(H,20,22)(H,21,23)/b19-10-. The summed E-state index contributed by atoms with van der Waals surface area (Å²) in [6.07, 6.45) is 1.37. The van der Waals surface area contributed by atoms with E-state index in [-0.39, 0.29) is 0 Å². The van der Waals surface area contributed by atoms with E-state index in [0.717, 1.165) is 0 Å². The predicted molar refractivity (Wildman–Crippen MR) is 95.4 cm³/mol. The lowest BCUT2D eigenvalue weighted by Crippen LogP contribution is -2.32. The molecule has 2 amide bonds. The summed E-state index contributed by atoms with van der Waals surface area (Å²) in [7, 11) is 3.05. The van der Waals surface area contributed by atoms with E-state index in [2.05, 4.69) is 15.8 Å². The van der Waals surface area contributed by atoms with Gasteiger partial charge in [-0.2, -0.15) is 5.10 Å². The summed E-state index contributed by atoms with van der Waals surface area (Å²) >= 11 is 5.75. The molecule has 8 heteroatoms. The molecule has 0 fully saturated rings. The number of carbonyl (C=O) groups excluding carboxylic acids is 2. The second-order valence-corrected chi connectivity index (χ2v) is 5.20. The molecule has 0 aliphatic heterocycles. The van der Waals surface area contributed by atoms with Gasteiger partial charge in [0.1, 0.15) is 11.5 Å². The van der Waals surface area contributed by atoms with E-state index in [1.165, 1.54) is 13.3 Å². The quantitative estimate of drug-likeness (QED) is 0.486. The van der Waals surface area contributed by atoms with Crippen LogP contribution in [0.1, 0.15) is 5.56 Å². The van der Waals surface area contributed by atoms with E-state index in [9.17, 15) is 9.59 Å². The Morgan fingerprint density at radius 3 is 2.40 bits per heavy atom. The van der Waals surface area contributed by atoms with Crippen molar-refractivity contribution < 1.29 is 19.1 Å². The van der Waals surface area contributed by atoms with Crippen molar-refractivity contribution in [2.75, 3.05) is 19.5 Å². The van der Waals surface area contributed by atoms with Gasteiger partial charge in [0, 0.05) is 22.3 Å². The maximum atomic E-state index is 11.8. The average molecular weight is 362 g/mol. The maximum absolute atomic E-state index is 11.8. The Morgan fingerprint density at radius 2 is 1.76 bits per heavy atom. The maximum Gasteiger partial charge on any atom is 0.329 e. The molecule has 2 aromatic rings. The highest BCUT2D eigenvalue weighted by Gasteiger charge is 2.12. The van der Waals surface area contributed by atoms with Crippen LogP contribution in [0.4, 0.5) is 5.69 Å². The fourth-order valence-electron chi connectivity index (χ4n) is 1.86. The fraction of sp³-hybridized carbons (Fsp3) is 0.118. The highest BCUT2D eigenvalue weighted by Crippen LogP contribution is 2.22. The molecule has 7 nitrogen and oxygen atoms in total. The minimum atomic E-state index is -0.904. The van der Waals surface area contributed by atoms with Gasteiger partial charge in [-0.25, -0.2) is 5.43 Å². The molecule has 130 valence electrons. The van der Waals surface area contributed by atoms with Gasteiger partial charge in [-0.05, 0) is 36.4 Å². The highest BCUT2D eigenvalue weighted by molar-refractivity contribution is 6.39. The van der Waals surface area contributed by atoms with Gasteiger partial charge in [0.15, 0.2) is 0 Å². The van der Waals surface area contributed by atoms with Gasteiger partial charge in [-0.1, -0.05) is 11.6 Å². The summed E-state index contributed by atoms with van der Waals surface area (Å²) in [5, 5.41) is 6.71. The number of methoxy groups -OCH3 is 2. The van der Waals surface area contributed by atoms with Gasteiger partial charge in [-0.3, -0.25) is 9.59 Å². The second kappa shape index (κ2) is 8.70. The molecule has 2 rings (SSSR count). The Labute approximate surface area is 149 Å². The third-order valence-electron chi connectivity index (χ3n) is 3.12. The van der Waals surface area contributed by atoms with Crippen molar-refractivity contribution >= 4 is 35.3 Å². The van der Waals surface area contributed by atoms with Gasteiger partial charge in [-0.15, -0.1) is 0 Å². The van der Waals surface area contributed by atoms with Crippen LogP contribution in [-0.2, 0) is 9.59 Å². The van der Waals surface area contributed by atoms with Gasteiger partial charge in [0.2, 0.25) is 0 Å². The third-order valence-corrected chi connectivity index (χ3v) is 3.37. The van der Waals surface area contributed by atoms with Crippen LogP contribution >= 0.6 is 11.6 Å². The van der Waals surface area contributed by atoms with E-state index in [4.69, 9.17) is 21.1 Å². The number of hydrogen-bond donors (Lipinski definition) is 2. The molecule has 25 heavy (non-hydrogen) atoms. The zero-order chi connectivity index (χ0) is 18.2. The molecule has 0 saturated carbocycles. The van der Waals surface area contributed by atoms with Crippen LogP contribution in [0.3, 0.4) is 0 Å². The van der Waals surface area contributed by atoms with Gasteiger partial charge >= 0.3 is 11.8 Å². The number of nitrogens with zero attached hydrogens (tertiary/aromatic N) is 1. The normalized spacial score (nSPS) is 10.4. The number of benzene rings is 2.